The molecule has 9 heterocycles. The molecule has 10 N–H and O–H groups in total. The fraction of sp³-hybridized carbons (Fsp3) is 0.267. The molecule has 0 spiro atoms. The van der Waals surface area contributed by atoms with Crippen LogP contribution in [0.5, 0.6) is 17.4 Å². The Bertz CT molecular complexity index is 4910. The molecular formula is C75H76F9N19O8. The zero-order valence-corrected chi connectivity index (χ0v) is 60.2. The number of methoxy groups -OCH3 is 4. The van der Waals surface area contributed by atoms with Crippen LogP contribution in [-0.4, -0.2) is 126 Å². The van der Waals surface area contributed by atoms with Gasteiger partial charge in [-0.1, -0.05) is 35.1 Å². The lowest BCUT2D eigenvalue weighted by Gasteiger charge is -2.14. The topological polar surface area (TPSA) is 374 Å². The van der Waals surface area contributed by atoms with Gasteiger partial charge in [0.1, 0.15) is 46.6 Å². The van der Waals surface area contributed by atoms with Crippen LogP contribution in [0.3, 0.4) is 0 Å². The van der Waals surface area contributed by atoms with E-state index in [9.17, 15) is 44.3 Å². The Kier molecular flexibility index (Phi) is 26.5. The first-order valence-electron chi connectivity index (χ1n) is 33.3. The minimum Gasteiger partial charge on any atom is -0.493 e. The number of rotatable bonds is 24. The molecule has 9 aromatic heterocycles. The van der Waals surface area contributed by atoms with Crippen molar-refractivity contribution in [2.45, 2.75) is 66.6 Å². The molecule has 36 heteroatoms. The van der Waals surface area contributed by atoms with Crippen molar-refractivity contribution in [1.29, 1.82) is 0 Å². The van der Waals surface area contributed by atoms with Crippen LogP contribution in [0.15, 0.2) is 160 Å². The van der Waals surface area contributed by atoms with E-state index in [0.29, 0.717) is 116 Å². The minimum absolute atomic E-state index is 0. The van der Waals surface area contributed by atoms with Crippen molar-refractivity contribution < 1.29 is 76.5 Å². The maximum absolute atomic E-state index is 13.1. The summed E-state index contributed by atoms with van der Waals surface area (Å²) in [6, 6.07) is 23.5. The molecule has 1 atom stereocenters. The van der Waals surface area contributed by atoms with E-state index in [2.05, 4.69) is 109 Å². The Labute approximate surface area is 629 Å². The van der Waals surface area contributed by atoms with Crippen molar-refractivity contribution in [3.63, 3.8) is 0 Å². The van der Waals surface area contributed by atoms with Gasteiger partial charge in [0.25, 0.3) is 5.88 Å². The fourth-order valence-corrected chi connectivity index (χ4v) is 10.1. The molecule has 12 rings (SSSR count). The molecule has 1 amide bonds. The normalized spacial score (nSPS) is 11.7. The molecule has 111 heavy (non-hydrogen) atoms. The lowest BCUT2D eigenvalue weighted by Crippen LogP contribution is -2.39. The van der Waals surface area contributed by atoms with Crippen molar-refractivity contribution in [3.05, 3.63) is 163 Å². The Balaban J connectivity index is 0.000000191. The van der Waals surface area contributed by atoms with Gasteiger partial charge in [-0.05, 0) is 128 Å². The molecule has 12 aromatic rings. The second kappa shape index (κ2) is 35.8. The Morgan fingerprint density at radius 3 is 1.29 bits per heavy atom. The molecule has 0 bridgehead atoms. The number of anilines is 6. The summed E-state index contributed by atoms with van der Waals surface area (Å²) in [6.45, 7) is 11.7. The first-order chi connectivity index (χ1) is 52.4. The number of carbonyl (C=O) groups is 1. The molecule has 27 nitrogen and oxygen atoms in total. The lowest BCUT2D eigenvalue weighted by molar-refractivity contribution is -0.138. The van der Waals surface area contributed by atoms with Crippen molar-refractivity contribution in [3.8, 4) is 120 Å². The van der Waals surface area contributed by atoms with Crippen molar-refractivity contribution in [2.24, 2.45) is 11.8 Å². The number of ether oxygens (including phenoxy) is 4. The summed E-state index contributed by atoms with van der Waals surface area (Å²) in [6.07, 6.45) is -4.26. The number of amides is 1. The van der Waals surface area contributed by atoms with E-state index >= 15 is 0 Å². The molecule has 0 unspecified atom stereocenters. The van der Waals surface area contributed by atoms with Crippen LogP contribution in [0.25, 0.3) is 102 Å². The number of nitrogen functional groups attached to an aromatic ring is 3. The smallest absolute Gasteiger partial charge is 0.416 e. The Morgan fingerprint density at radius 2 is 0.847 bits per heavy atom. The third kappa shape index (κ3) is 21.0. The maximum Gasteiger partial charge on any atom is 0.416 e. The molecule has 3 aromatic carbocycles. The highest BCUT2D eigenvalue weighted by Gasteiger charge is 2.34. The second-order valence-electron chi connectivity index (χ2n) is 24.9. The first kappa shape index (κ1) is 82.0. The van der Waals surface area contributed by atoms with Crippen LogP contribution in [0, 0.1) is 11.8 Å². The zero-order chi connectivity index (χ0) is 79.2. The summed E-state index contributed by atoms with van der Waals surface area (Å²) < 4.78 is 156. The summed E-state index contributed by atoms with van der Waals surface area (Å²) in [7, 11) is 5.74. The van der Waals surface area contributed by atoms with Gasteiger partial charge in [-0.3, -0.25) is 4.79 Å². The number of nitrogens with one attached hydrogen (secondary N) is 4. The van der Waals surface area contributed by atoms with Gasteiger partial charge >= 0.3 is 18.5 Å². The highest BCUT2D eigenvalue weighted by molar-refractivity contribution is 5.83. The number of carbonyl (C=O) groups excluding carboxylic acids is 1. The van der Waals surface area contributed by atoms with Crippen LogP contribution in [0.1, 0.15) is 58.7 Å². The van der Waals surface area contributed by atoms with Crippen LogP contribution < -0.4 is 52.7 Å². The standard InChI is InChI=1S/C25H25F3N8O4.C25H24F3N5O2.C24H23F3N6O2.CH4/c1-13(33-18(37)12-38-2)10-32-24-30-9-8-16(35-24)20-19(17-11-31-21(29)23(34-17)39-3)36-22(40-20)14-4-6-15(7-5-14)25(26,27)28;1-14(2)12-31-20-11-16(8-9-30-20)22-21(17-10-19(34-3)23(29)32-13-17)33-24(35-22)15-4-6-18(7-5-15)25(26,27)28;1-13(2)11-31-23-29-9-8-17(32-23)20-19(15-10-18(34-3)21(28)30-12-15)33-22(35-20)14-4-6-16(7-5-14)24(25,26)27;/h4-9,11,13H,10,12H2,1-3H3,(H2,29,31)(H,33,37)(H,30,32,35);4-11,13-14H,12H2,1-3H3,(H2,29,32)(H,30,31);4-10,12-13H,11H2,1-3H3,(H2,28,30)(H,29,31,32);1H4/t13-;;;/m0.../s1. The second-order valence-corrected chi connectivity index (χ2v) is 24.9. The predicted molar refractivity (Wildman–Crippen MR) is 398 cm³/mol. The Hall–Kier alpha value is -13.0. The molecule has 0 saturated heterocycles. The van der Waals surface area contributed by atoms with E-state index in [0.717, 1.165) is 42.9 Å². The number of alkyl halides is 9. The fourth-order valence-electron chi connectivity index (χ4n) is 10.1. The molecule has 0 aliphatic heterocycles. The van der Waals surface area contributed by atoms with Gasteiger partial charge in [-0.25, -0.2) is 59.8 Å². The van der Waals surface area contributed by atoms with E-state index in [1.807, 2.05) is 6.07 Å². The van der Waals surface area contributed by atoms with Crippen LogP contribution in [0.4, 0.5) is 74.7 Å². The molecule has 0 aliphatic rings. The summed E-state index contributed by atoms with van der Waals surface area (Å²) in [5.74, 6) is 4.20. The summed E-state index contributed by atoms with van der Waals surface area (Å²) in [5, 5.41) is 12.2. The number of hydrogen-bond donors (Lipinski definition) is 7. The largest absolute Gasteiger partial charge is 0.493 e. The number of hydrogen-bond acceptors (Lipinski definition) is 26. The van der Waals surface area contributed by atoms with Crippen LogP contribution >= 0.6 is 0 Å². The van der Waals surface area contributed by atoms with E-state index in [-0.39, 0.29) is 90.1 Å². The Morgan fingerprint density at radius 1 is 0.432 bits per heavy atom. The van der Waals surface area contributed by atoms with E-state index < -0.39 is 35.2 Å². The van der Waals surface area contributed by atoms with Gasteiger partial charge in [0, 0.05) is 97.2 Å². The van der Waals surface area contributed by atoms with Gasteiger partial charge in [0.15, 0.2) is 46.2 Å². The monoisotopic (exact) mass is 1540 g/mol. The van der Waals surface area contributed by atoms with Crippen LogP contribution in [-0.2, 0) is 28.1 Å². The van der Waals surface area contributed by atoms with Crippen molar-refractivity contribution >= 4 is 41.1 Å². The molecule has 582 valence electrons. The quantitative estimate of drug-likeness (QED) is 0.0276. The first-order valence-corrected chi connectivity index (χ1v) is 33.3. The van der Waals surface area contributed by atoms with Gasteiger partial charge in [-0.15, -0.1) is 0 Å². The van der Waals surface area contributed by atoms with Gasteiger partial charge in [0.05, 0.1) is 44.2 Å². The molecular weight excluding hydrogens is 1470 g/mol. The van der Waals surface area contributed by atoms with Gasteiger partial charge in [0.2, 0.25) is 35.5 Å². The number of oxazole rings is 3. The van der Waals surface area contributed by atoms with Crippen molar-refractivity contribution in [1.82, 2.24) is 65.1 Å². The highest BCUT2D eigenvalue weighted by Crippen LogP contribution is 2.43. The summed E-state index contributed by atoms with van der Waals surface area (Å²) in [4.78, 5) is 63.9. The average Bonchev–Trinajstić information content (AvgIpc) is 1.64. The number of halogens is 9. The number of benzene rings is 3. The van der Waals surface area contributed by atoms with Crippen molar-refractivity contribution in [2.75, 3.05) is 87.8 Å². The number of nitrogens with two attached hydrogens (primary N) is 3. The average molecular weight is 1540 g/mol. The van der Waals surface area contributed by atoms with Gasteiger partial charge in [-0.2, -0.15) is 39.5 Å². The zero-order valence-electron chi connectivity index (χ0n) is 60.2. The number of nitrogens with zero attached hydrogens (tertiary/aromatic N) is 12. The van der Waals surface area contributed by atoms with E-state index in [1.165, 1.54) is 89.6 Å². The summed E-state index contributed by atoms with van der Waals surface area (Å²) in [5.41, 5.74) is 20.0. The molecule has 0 saturated carbocycles. The minimum atomic E-state index is -4.49. The molecule has 0 fully saturated rings. The predicted octanol–water partition coefficient (Wildman–Crippen LogP) is 15.7. The number of pyridine rings is 3. The van der Waals surface area contributed by atoms with Gasteiger partial charge < -0.3 is 70.7 Å². The molecule has 0 radical (unpaired) electrons. The SMILES string of the molecule is C.COCC(=O)N[C@@H](C)CNc1nccc(-c2oc(-c3ccc(C(F)(F)F)cc3)nc2-c2cnc(N)c(OC)n2)n1.COc1cc(-c2nc(-c3ccc(C(F)(F)F)cc3)oc2-c2ccnc(NCC(C)C)c2)cnc1N.COc1cc(-c2nc(-c3ccc(C(F)(F)F)cc3)oc2-c2ccnc(NCC(C)C)n2)cnc1N. The number of aromatic nitrogens is 12. The maximum atomic E-state index is 13.1. The highest BCUT2D eigenvalue weighted by atomic mass is 19.4. The molecule has 0 aliphatic carbocycles. The van der Waals surface area contributed by atoms with E-state index in [4.69, 9.17) is 49.4 Å². The van der Waals surface area contributed by atoms with Crippen LogP contribution in [0.2, 0.25) is 0 Å². The third-order valence-corrected chi connectivity index (χ3v) is 15.6. The third-order valence-electron chi connectivity index (χ3n) is 15.6. The lowest BCUT2D eigenvalue weighted by atomic mass is 10.1. The van der Waals surface area contributed by atoms with E-state index in [1.54, 1.807) is 49.6 Å². The summed E-state index contributed by atoms with van der Waals surface area (Å²) >= 11 is 0.